The average molecular weight is 356 g/mol. The van der Waals surface area contributed by atoms with Crippen LogP contribution < -0.4 is 0 Å². The lowest BCUT2D eigenvalue weighted by atomic mass is 10.2. The molecule has 0 aliphatic carbocycles. The maximum absolute atomic E-state index is 9.83. The SMILES string of the molecule is C/C(=C\I)CC(O)CO[Si](C)(C)C(C)(C)C. The second kappa shape index (κ2) is 6.52. The molecule has 4 heteroatoms. The first-order valence-electron chi connectivity index (χ1n) is 5.68. The third-order valence-corrected chi connectivity index (χ3v) is 8.75. The summed E-state index contributed by atoms with van der Waals surface area (Å²) >= 11 is 2.20. The molecule has 0 aromatic carbocycles. The van der Waals surface area contributed by atoms with Crippen molar-refractivity contribution in [2.75, 3.05) is 6.61 Å². The van der Waals surface area contributed by atoms with Gasteiger partial charge in [0, 0.05) is 0 Å². The summed E-state index contributed by atoms with van der Waals surface area (Å²) in [6.45, 7) is 13.5. The average Bonchev–Trinajstić information content (AvgIpc) is 2.13. The second-order valence-electron chi connectivity index (χ2n) is 5.88. The Bertz CT molecular complexity index is 244. The standard InChI is InChI=1S/C12H25IO2Si/c1-10(8-13)7-11(14)9-15-16(5,6)12(2,3)4/h8,11,14H,7,9H2,1-6H3/b10-8+. The number of hydrogen-bond donors (Lipinski definition) is 1. The summed E-state index contributed by atoms with van der Waals surface area (Å²) in [5, 5.41) is 10.0. The van der Waals surface area contributed by atoms with Gasteiger partial charge in [-0.25, -0.2) is 0 Å². The summed E-state index contributed by atoms with van der Waals surface area (Å²) < 4.78 is 7.97. The lowest BCUT2D eigenvalue weighted by molar-refractivity contribution is 0.100. The molecule has 0 rings (SSSR count). The van der Waals surface area contributed by atoms with Crippen LogP contribution in [0.5, 0.6) is 0 Å². The monoisotopic (exact) mass is 356 g/mol. The highest BCUT2D eigenvalue weighted by atomic mass is 127. The van der Waals surface area contributed by atoms with Crippen molar-refractivity contribution in [2.45, 2.75) is 58.4 Å². The predicted molar refractivity (Wildman–Crippen MR) is 81.5 cm³/mol. The van der Waals surface area contributed by atoms with E-state index >= 15 is 0 Å². The van der Waals surface area contributed by atoms with Crippen LogP contribution in [0.4, 0.5) is 0 Å². The molecule has 0 aromatic heterocycles. The minimum Gasteiger partial charge on any atom is -0.414 e. The lowest BCUT2D eigenvalue weighted by Crippen LogP contribution is -2.42. The molecule has 2 nitrogen and oxygen atoms in total. The number of aliphatic hydroxyl groups is 1. The maximum atomic E-state index is 9.83. The zero-order valence-corrected chi connectivity index (χ0v) is 14.5. The molecule has 0 bridgehead atoms. The van der Waals surface area contributed by atoms with Crippen LogP contribution in [0.1, 0.15) is 34.1 Å². The van der Waals surface area contributed by atoms with Gasteiger partial charge in [0.25, 0.3) is 0 Å². The van der Waals surface area contributed by atoms with E-state index in [9.17, 15) is 5.11 Å². The summed E-state index contributed by atoms with van der Waals surface area (Å²) in [6.07, 6.45) is 0.331. The fourth-order valence-electron chi connectivity index (χ4n) is 0.996. The van der Waals surface area contributed by atoms with Gasteiger partial charge in [-0.3, -0.25) is 0 Å². The van der Waals surface area contributed by atoms with E-state index < -0.39 is 8.32 Å². The minimum atomic E-state index is -1.71. The van der Waals surface area contributed by atoms with Gasteiger partial charge < -0.3 is 9.53 Å². The van der Waals surface area contributed by atoms with Crippen molar-refractivity contribution in [1.29, 1.82) is 0 Å². The third kappa shape index (κ3) is 5.79. The van der Waals surface area contributed by atoms with E-state index in [0.717, 1.165) is 0 Å². The van der Waals surface area contributed by atoms with Crippen LogP contribution in [-0.2, 0) is 4.43 Å². The van der Waals surface area contributed by atoms with Gasteiger partial charge in [0.2, 0.25) is 0 Å². The largest absolute Gasteiger partial charge is 0.414 e. The predicted octanol–water partition coefficient (Wildman–Crippen LogP) is 4.10. The normalized spacial score (nSPS) is 16.4. The van der Waals surface area contributed by atoms with Crippen molar-refractivity contribution in [3.63, 3.8) is 0 Å². The number of rotatable bonds is 5. The van der Waals surface area contributed by atoms with E-state index in [4.69, 9.17) is 4.43 Å². The minimum absolute atomic E-state index is 0.209. The van der Waals surface area contributed by atoms with Crippen LogP contribution in [0.2, 0.25) is 18.1 Å². The number of hydrogen-bond acceptors (Lipinski definition) is 2. The van der Waals surface area contributed by atoms with E-state index in [-0.39, 0.29) is 11.1 Å². The Balaban J connectivity index is 4.15. The molecule has 0 amide bonds. The fourth-order valence-corrected chi connectivity index (χ4v) is 2.29. The quantitative estimate of drug-likeness (QED) is 0.594. The molecule has 1 unspecified atom stereocenters. The Hall–Kier alpha value is 0.607. The van der Waals surface area contributed by atoms with E-state index in [1.54, 1.807) is 0 Å². The zero-order chi connectivity index (χ0) is 13.0. The Labute approximate surface area is 115 Å². The highest BCUT2D eigenvalue weighted by Gasteiger charge is 2.37. The van der Waals surface area contributed by atoms with Gasteiger partial charge in [0.1, 0.15) is 0 Å². The first-order valence-corrected chi connectivity index (χ1v) is 9.83. The molecule has 0 aliphatic heterocycles. The van der Waals surface area contributed by atoms with Gasteiger partial charge in [-0.1, -0.05) is 48.9 Å². The van der Waals surface area contributed by atoms with E-state index in [1.165, 1.54) is 5.57 Å². The third-order valence-electron chi connectivity index (χ3n) is 3.19. The molecule has 1 N–H and O–H groups in total. The molecule has 0 aliphatic rings. The van der Waals surface area contributed by atoms with E-state index in [0.29, 0.717) is 13.0 Å². The number of halogens is 1. The summed E-state index contributed by atoms with van der Waals surface area (Å²) in [4.78, 5) is 0. The second-order valence-corrected chi connectivity index (χ2v) is 11.3. The van der Waals surface area contributed by atoms with Crippen LogP contribution in [0.15, 0.2) is 9.66 Å². The Morgan fingerprint density at radius 1 is 1.44 bits per heavy atom. The van der Waals surface area contributed by atoms with Crippen molar-refractivity contribution in [1.82, 2.24) is 0 Å². The molecule has 0 fully saturated rings. The molecule has 0 radical (unpaired) electrons. The fraction of sp³-hybridized carbons (Fsp3) is 0.833. The van der Waals surface area contributed by atoms with E-state index in [2.05, 4.69) is 56.5 Å². The zero-order valence-electron chi connectivity index (χ0n) is 11.3. The molecule has 0 saturated heterocycles. The Kier molecular flexibility index (Phi) is 6.76. The summed E-state index contributed by atoms with van der Waals surface area (Å²) in [7, 11) is -1.71. The Morgan fingerprint density at radius 3 is 2.31 bits per heavy atom. The molecule has 96 valence electrons. The maximum Gasteiger partial charge on any atom is 0.192 e. The first-order chi connectivity index (χ1) is 7.10. The summed E-state index contributed by atoms with van der Waals surface area (Å²) in [5.41, 5.74) is 1.20. The van der Waals surface area contributed by atoms with Gasteiger partial charge in [-0.15, -0.1) is 0 Å². The molecule has 0 saturated carbocycles. The topological polar surface area (TPSA) is 29.5 Å². The van der Waals surface area contributed by atoms with E-state index in [1.807, 2.05) is 11.0 Å². The molecule has 16 heavy (non-hydrogen) atoms. The van der Waals surface area contributed by atoms with Gasteiger partial charge in [-0.2, -0.15) is 0 Å². The van der Waals surface area contributed by atoms with Crippen molar-refractivity contribution in [2.24, 2.45) is 0 Å². The van der Waals surface area contributed by atoms with Gasteiger partial charge in [-0.05, 0) is 35.6 Å². The number of aliphatic hydroxyl groups excluding tert-OH is 1. The van der Waals surface area contributed by atoms with Crippen molar-refractivity contribution >= 4 is 30.9 Å². The van der Waals surface area contributed by atoms with Gasteiger partial charge >= 0.3 is 0 Å². The molecule has 0 aromatic rings. The van der Waals surface area contributed by atoms with Crippen LogP contribution in [0.25, 0.3) is 0 Å². The molecular weight excluding hydrogens is 331 g/mol. The summed E-state index contributed by atoms with van der Waals surface area (Å²) in [5.74, 6) is 0. The first kappa shape index (κ1) is 16.6. The summed E-state index contributed by atoms with van der Waals surface area (Å²) in [6, 6.07) is 0. The smallest absolute Gasteiger partial charge is 0.192 e. The molecule has 0 heterocycles. The lowest BCUT2D eigenvalue weighted by Gasteiger charge is -2.36. The van der Waals surface area contributed by atoms with Crippen LogP contribution >= 0.6 is 22.6 Å². The highest BCUT2D eigenvalue weighted by Crippen LogP contribution is 2.36. The van der Waals surface area contributed by atoms with Crippen molar-refractivity contribution in [3.05, 3.63) is 9.66 Å². The molecule has 0 spiro atoms. The van der Waals surface area contributed by atoms with Crippen molar-refractivity contribution < 1.29 is 9.53 Å². The van der Waals surface area contributed by atoms with Crippen LogP contribution in [0.3, 0.4) is 0 Å². The van der Waals surface area contributed by atoms with Gasteiger partial charge in [0.15, 0.2) is 8.32 Å². The van der Waals surface area contributed by atoms with Crippen molar-refractivity contribution in [3.8, 4) is 0 Å². The van der Waals surface area contributed by atoms with Gasteiger partial charge in [0.05, 0.1) is 12.7 Å². The van der Waals surface area contributed by atoms with Crippen LogP contribution in [-0.4, -0.2) is 26.1 Å². The van der Waals surface area contributed by atoms with Crippen LogP contribution in [0, 0.1) is 0 Å². The highest BCUT2D eigenvalue weighted by molar-refractivity contribution is 14.1. The molecular formula is C12H25IO2Si. The Morgan fingerprint density at radius 2 is 1.94 bits per heavy atom. The molecule has 1 atom stereocenters.